The lowest BCUT2D eigenvalue weighted by molar-refractivity contribution is 0.0587. The number of nitrogens with zero attached hydrogens (tertiary/aromatic N) is 1. The highest BCUT2D eigenvalue weighted by molar-refractivity contribution is 4.96. The molecule has 1 aliphatic carbocycles. The molecule has 0 aromatic carbocycles. The van der Waals surface area contributed by atoms with Gasteiger partial charge in [-0.05, 0) is 58.2 Å². The summed E-state index contributed by atoms with van der Waals surface area (Å²) < 4.78 is 0. The van der Waals surface area contributed by atoms with Gasteiger partial charge in [-0.2, -0.15) is 0 Å². The van der Waals surface area contributed by atoms with Crippen LogP contribution in [-0.4, -0.2) is 47.8 Å². The number of hydrogen-bond acceptors (Lipinski definition) is 3. The van der Waals surface area contributed by atoms with E-state index in [1.807, 2.05) is 0 Å². The van der Waals surface area contributed by atoms with Crippen LogP contribution in [0.4, 0.5) is 0 Å². The van der Waals surface area contributed by atoms with Crippen LogP contribution in [-0.2, 0) is 0 Å². The monoisotopic (exact) mass is 284 g/mol. The summed E-state index contributed by atoms with van der Waals surface area (Å²) in [5.41, 5.74) is -0.0195. The van der Waals surface area contributed by atoms with Crippen LogP contribution in [0.1, 0.15) is 72.1 Å². The molecule has 0 radical (unpaired) electrons. The zero-order valence-electron chi connectivity index (χ0n) is 14.0. The molecule has 0 aromatic heterocycles. The predicted octanol–water partition coefficient (Wildman–Crippen LogP) is 3.17. The van der Waals surface area contributed by atoms with E-state index >= 15 is 0 Å². The highest BCUT2D eigenvalue weighted by Gasteiger charge is 2.36. The van der Waals surface area contributed by atoms with Gasteiger partial charge in [0.1, 0.15) is 0 Å². The molecule has 2 atom stereocenters. The van der Waals surface area contributed by atoms with Crippen molar-refractivity contribution in [3.05, 3.63) is 0 Å². The molecule has 0 aliphatic heterocycles. The first-order chi connectivity index (χ1) is 9.71. The second kappa shape index (κ2) is 9.75. The minimum absolute atomic E-state index is 0.0195. The molecule has 3 nitrogen and oxygen atoms in total. The number of nitrogens with one attached hydrogen (secondary N) is 1. The van der Waals surface area contributed by atoms with Crippen LogP contribution < -0.4 is 5.32 Å². The molecular weight excluding hydrogens is 248 g/mol. The molecule has 20 heavy (non-hydrogen) atoms. The van der Waals surface area contributed by atoms with Gasteiger partial charge in [-0.1, -0.05) is 33.6 Å². The standard InChI is InChI=1S/C17H36N2O/c1-4-7-12-19(13-8-5-2)16-10-9-11-17(14-16,15-20)18-6-3/h16,18,20H,4-15H2,1-3H3. The molecule has 1 saturated carbocycles. The van der Waals surface area contributed by atoms with Crippen molar-refractivity contribution in [3.63, 3.8) is 0 Å². The second-order valence-corrected chi connectivity index (χ2v) is 6.46. The van der Waals surface area contributed by atoms with Gasteiger partial charge >= 0.3 is 0 Å². The van der Waals surface area contributed by atoms with Crippen molar-refractivity contribution in [3.8, 4) is 0 Å². The fourth-order valence-corrected chi connectivity index (χ4v) is 3.58. The molecule has 0 bridgehead atoms. The van der Waals surface area contributed by atoms with Crippen LogP contribution in [0.25, 0.3) is 0 Å². The Morgan fingerprint density at radius 2 is 1.80 bits per heavy atom. The van der Waals surface area contributed by atoms with E-state index in [0.29, 0.717) is 6.04 Å². The zero-order valence-corrected chi connectivity index (χ0v) is 14.0. The van der Waals surface area contributed by atoms with Gasteiger partial charge in [-0.15, -0.1) is 0 Å². The number of aliphatic hydroxyl groups excluding tert-OH is 1. The average Bonchev–Trinajstić information content (AvgIpc) is 2.48. The van der Waals surface area contributed by atoms with Gasteiger partial charge in [0.05, 0.1) is 6.61 Å². The van der Waals surface area contributed by atoms with E-state index in [1.54, 1.807) is 0 Å². The summed E-state index contributed by atoms with van der Waals surface area (Å²) in [4.78, 5) is 2.70. The van der Waals surface area contributed by atoms with Crippen LogP contribution in [0.3, 0.4) is 0 Å². The fourth-order valence-electron chi connectivity index (χ4n) is 3.58. The summed E-state index contributed by atoms with van der Waals surface area (Å²) in [7, 11) is 0. The largest absolute Gasteiger partial charge is 0.394 e. The third-order valence-electron chi connectivity index (χ3n) is 4.79. The third-order valence-corrected chi connectivity index (χ3v) is 4.79. The highest BCUT2D eigenvalue weighted by Crippen LogP contribution is 2.31. The summed E-state index contributed by atoms with van der Waals surface area (Å²) in [5.74, 6) is 0. The maximum absolute atomic E-state index is 9.84. The summed E-state index contributed by atoms with van der Waals surface area (Å²) in [5, 5.41) is 13.4. The second-order valence-electron chi connectivity index (χ2n) is 6.46. The molecule has 0 aromatic rings. The van der Waals surface area contributed by atoms with Crippen molar-refractivity contribution in [2.24, 2.45) is 0 Å². The molecule has 0 saturated heterocycles. The molecule has 1 rings (SSSR count). The van der Waals surface area contributed by atoms with Crippen LogP contribution in [0, 0.1) is 0 Å². The van der Waals surface area contributed by atoms with E-state index in [9.17, 15) is 5.11 Å². The maximum Gasteiger partial charge on any atom is 0.0613 e. The zero-order chi connectivity index (χ0) is 14.8. The van der Waals surface area contributed by atoms with Gasteiger partial charge < -0.3 is 15.3 Å². The lowest BCUT2D eigenvalue weighted by Gasteiger charge is -2.44. The molecule has 0 amide bonds. The Kier molecular flexibility index (Phi) is 8.74. The number of hydrogen-bond donors (Lipinski definition) is 2. The van der Waals surface area contributed by atoms with Gasteiger partial charge in [-0.3, -0.25) is 0 Å². The first kappa shape index (κ1) is 17.9. The molecular formula is C17H36N2O. The minimum atomic E-state index is -0.0195. The number of likely N-dealkylation sites (N-methyl/N-ethyl adjacent to an activating group) is 1. The van der Waals surface area contributed by atoms with E-state index in [0.717, 1.165) is 19.4 Å². The quantitative estimate of drug-likeness (QED) is 0.647. The van der Waals surface area contributed by atoms with E-state index in [1.165, 1.54) is 51.6 Å². The van der Waals surface area contributed by atoms with E-state index in [4.69, 9.17) is 0 Å². The lowest BCUT2D eigenvalue weighted by Crippen LogP contribution is -2.56. The van der Waals surface area contributed by atoms with E-state index in [2.05, 4.69) is 31.0 Å². The fraction of sp³-hybridized carbons (Fsp3) is 1.00. The van der Waals surface area contributed by atoms with Crippen molar-refractivity contribution in [2.45, 2.75) is 83.7 Å². The lowest BCUT2D eigenvalue weighted by atomic mass is 9.78. The van der Waals surface area contributed by atoms with Crippen molar-refractivity contribution in [1.82, 2.24) is 10.2 Å². The minimum Gasteiger partial charge on any atom is -0.394 e. The van der Waals surface area contributed by atoms with Crippen LogP contribution in [0.15, 0.2) is 0 Å². The van der Waals surface area contributed by atoms with Gasteiger partial charge in [0.25, 0.3) is 0 Å². The first-order valence-electron chi connectivity index (χ1n) is 8.81. The molecule has 3 heteroatoms. The van der Waals surface area contributed by atoms with Gasteiger partial charge in [0.2, 0.25) is 0 Å². The van der Waals surface area contributed by atoms with Crippen molar-refractivity contribution < 1.29 is 5.11 Å². The summed E-state index contributed by atoms with van der Waals surface area (Å²) >= 11 is 0. The molecule has 1 aliphatic rings. The van der Waals surface area contributed by atoms with E-state index in [-0.39, 0.29) is 12.1 Å². The molecule has 1 fully saturated rings. The maximum atomic E-state index is 9.84. The van der Waals surface area contributed by atoms with Crippen molar-refractivity contribution >= 4 is 0 Å². The predicted molar refractivity (Wildman–Crippen MR) is 87.1 cm³/mol. The van der Waals surface area contributed by atoms with Crippen LogP contribution >= 0.6 is 0 Å². The average molecular weight is 284 g/mol. The first-order valence-corrected chi connectivity index (χ1v) is 8.81. The number of rotatable bonds is 10. The number of aliphatic hydroxyl groups is 1. The van der Waals surface area contributed by atoms with Crippen molar-refractivity contribution in [2.75, 3.05) is 26.2 Å². The van der Waals surface area contributed by atoms with E-state index < -0.39 is 0 Å². The molecule has 0 heterocycles. The molecule has 0 spiro atoms. The smallest absolute Gasteiger partial charge is 0.0613 e. The third kappa shape index (κ3) is 5.34. The summed E-state index contributed by atoms with van der Waals surface area (Å²) in [6, 6.07) is 0.660. The van der Waals surface area contributed by atoms with Gasteiger partial charge in [-0.25, -0.2) is 0 Å². The normalized spacial score (nSPS) is 27.1. The van der Waals surface area contributed by atoms with Gasteiger partial charge in [0, 0.05) is 11.6 Å². The Bertz CT molecular complexity index is 235. The van der Waals surface area contributed by atoms with Crippen LogP contribution in [0.5, 0.6) is 0 Å². The molecule has 2 N–H and O–H groups in total. The Balaban J connectivity index is 2.63. The SMILES string of the molecule is CCCCN(CCCC)C1CCCC(CO)(NCC)C1. The Morgan fingerprint density at radius 3 is 2.30 bits per heavy atom. The molecule has 2 unspecified atom stereocenters. The van der Waals surface area contributed by atoms with Gasteiger partial charge in [0.15, 0.2) is 0 Å². The van der Waals surface area contributed by atoms with Crippen LogP contribution in [0.2, 0.25) is 0 Å². The Morgan fingerprint density at radius 1 is 1.15 bits per heavy atom. The highest BCUT2D eigenvalue weighted by atomic mass is 16.3. The number of unbranched alkanes of at least 4 members (excludes halogenated alkanes) is 2. The topological polar surface area (TPSA) is 35.5 Å². The summed E-state index contributed by atoms with van der Waals surface area (Å²) in [6.07, 6.45) is 9.93. The van der Waals surface area contributed by atoms with Crippen molar-refractivity contribution in [1.29, 1.82) is 0 Å². The summed E-state index contributed by atoms with van der Waals surface area (Å²) in [6.45, 7) is 10.4. The Labute approximate surface area is 126 Å². The Hall–Kier alpha value is -0.120. The molecule has 120 valence electrons.